The van der Waals surface area contributed by atoms with Crippen LogP contribution in [-0.2, 0) is 4.79 Å². The topological polar surface area (TPSA) is 77.8 Å². The van der Waals surface area contributed by atoms with E-state index in [2.05, 4.69) is 6.92 Å². The summed E-state index contributed by atoms with van der Waals surface area (Å²) in [5.41, 5.74) is 0. The summed E-state index contributed by atoms with van der Waals surface area (Å²) < 4.78 is 0. The standard InChI is InChI=1S/C16H32O2.C3H8O2/c1-2-3-4-5-6-7-8-9-10-11-12-13-14-15-16(17)18;4-2-1-3-5/h2-15H2,1H3,(H,17,18);4-5H,1-3H2. The maximum absolute atomic E-state index is 10.3. The van der Waals surface area contributed by atoms with Gasteiger partial charge >= 0.3 is 5.97 Å². The number of rotatable bonds is 16. The van der Waals surface area contributed by atoms with Gasteiger partial charge < -0.3 is 15.3 Å². The predicted octanol–water partition coefficient (Wildman–Crippen LogP) is 4.91. The van der Waals surface area contributed by atoms with Crippen LogP contribution in [0, 0.1) is 0 Å². The lowest BCUT2D eigenvalue weighted by molar-refractivity contribution is -0.137. The highest BCUT2D eigenvalue weighted by Gasteiger charge is 1.96. The zero-order valence-electron chi connectivity index (χ0n) is 15.3. The van der Waals surface area contributed by atoms with Gasteiger partial charge in [0.25, 0.3) is 0 Å². The van der Waals surface area contributed by atoms with Gasteiger partial charge in [-0.2, -0.15) is 0 Å². The zero-order chi connectivity index (χ0) is 17.6. The molecule has 0 fully saturated rings. The number of carboxylic acid groups (broad SMARTS) is 1. The van der Waals surface area contributed by atoms with Crippen LogP contribution >= 0.6 is 0 Å². The molecule has 0 amide bonds. The second-order valence-corrected chi connectivity index (χ2v) is 6.19. The Kier molecular flexibility index (Phi) is 25.3. The number of unbranched alkanes of at least 4 members (excludes halogenated alkanes) is 12. The van der Waals surface area contributed by atoms with Gasteiger partial charge in [-0.1, -0.05) is 84.0 Å². The molecule has 23 heavy (non-hydrogen) atoms. The monoisotopic (exact) mass is 332 g/mol. The van der Waals surface area contributed by atoms with Gasteiger partial charge in [-0.15, -0.1) is 0 Å². The van der Waals surface area contributed by atoms with Crippen LogP contribution in [0.15, 0.2) is 0 Å². The molecule has 0 aromatic rings. The van der Waals surface area contributed by atoms with Crippen LogP contribution in [0.5, 0.6) is 0 Å². The highest BCUT2D eigenvalue weighted by Crippen LogP contribution is 2.12. The van der Waals surface area contributed by atoms with Gasteiger partial charge in [0.2, 0.25) is 0 Å². The van der Waals surface area contributed by atoms with E-state index in [1.165, 1.54) is 70.6 Å². The number of hydrogen-bond acceptors (Lipinski definition) is 3. The van der Waals surface area contributed by atoms with Crippen molar-refractivity contribution in [2.45, 2.75) is 103 Å². The number of aliphatic hydroxyl groups excluding tert-OH is 2. The fraction of sp³-hybridized carbons (Fsp3) is 0.947. The molecule has 4 heteroatoms. The Morgan fingerprint density at radius 2 is 0.957 bits per heavy atom. The highest BCUT2D eigenvalue weighted by molar-refractivity contribution is 5.66. The second-order valence-electron chi connectivity index (χ2n) is 6.19. The van der Waals surface area contributed by atoms with Crippen molar-refractivity contribution in [2.24, 2.45) is 0 Å². The average Bonchev–Trinajstić information content (AvgIpc) is 2.53. The largest absolute Gasteiger partial charge is 0.481 e. The van der Waals surface area contributed by atoms with Crippen LogP contribution in [0.4, 0.5) is 0 Å². The molecule has 0 saturated heterocycles. The van der Waals surface area contributed by atoms with Crippen molar-refractivity contribution in [1.29, 1.82) is 0 Å². The van der Waals surface area contributed by atoms with Crippen LogP contribution in [-0.4, -0.2) is 34.5 Å². The SMILES string of the molecule is CCCCCCCCCCCCCCCC(=O)O.OCCCO. The van der Waals surface area contributed by atoms with E-state index < -0.39 is 5.97 Å². The molecule has 0 unspecified atom stereocenters. The molecule has 0 aromatic heterocycles. The summed E-state index contributed by atoms with van der Waals surface area (Å²) >= 11 is 0. The first-order valence-electron chi connectivity index (χ1n) is 9.62. The maximum atomic E-state index is 10.3. The molecule has 0 rings (SSSR count). The van der Waals surface area contributed by atoms with E-state index in [1.807, 2.05) is 0 Å². The first kappa shape index (κ1) is 24.6. The van der Waals surface area contributed by atoms with Crippen LogP contribution < -0.4 is 0 Å². The van der Waals surface area contributed by atoms with Crippen molar-refractivity contribution >= 4 is 5.97 Å². The molecule has 0 bridgehead atoms. The predicted molar refractivity (Wildman–Crippen MR) is 96.7 cm³/mol. The quantitative estimate of drug-likeness (QED) is 0.351. The smallest absolute Gasteiger partial charge is 0.303 e. The normalized spacial score (nSPS) is 10.2. The van der Waals surface area contributed by atoms with Crippen LogP contribution in [0.2, 0.25) is 0 Å². The first-order valence-corrected chi connectivity index (χ1v) is 9.62. The number of carboxylic acids is 1. The minimum absolute atomic E-state index is 0.0938. The van der Waals surface area contributed by atoms with E-state index in [0.29, 0.717) is 12.8 Å². The lowest BCUT2D eigenvalue weighted by Gasteiger charge is -2.02. The Morgan fingerprint density at radius 3 is 1.22 bits per heavy atom. The molecule has 4 nitrogen and oxygen atoms in total. The zero-order valence-corrected chi connectivity index (χ0v) is 15.3. The fourth-order valence-corrected chi connectivity index (χ4v) is 2.36. The highest BCUT2D eigenvalue weighted by atomic mass is 16.4. The van der Waals surface area contributed by atoms with E-state index in [1.54, 1.807) is 0 Å². The van der Waals surface area contributed by atoms with Gasteiger partial charge in [-0.3, -0.25) is 4.79 Å². The molecular weight excluding hydrogens is 292 g/mol. The van der Waals surface area contributed by atoms with Gasteiger partial charge in [0.1, 0.15) is 0 Å². The number of hydrogen-bond donors (Lipinski definition) is 3. The van der Waals surface area contributed by atoms with E-state index in [0.717, 1.165) is 12.8 Å². The minimum Gasteiger partial charge on any atom is -0.481 e. The Hall–Kier alpha value is -0.610. The third-order valence-corrected chi connectivity index (χ3v) is 3.81. The van der Waals surface area contributed by atoms with Crippen molar-refractivity contribution in [3.63, 3.8) is 0 Å². The van der Waals surface area contributed by atoms with E-state index in [4.69, 9.17) is 15.3 Å². The van der Waals surface area contributed by atoms with Gasteiger partial charge in [0, 0.05) is 19.6 Å². The lowest BCUT2D eigenvalue weighted by atomic mass is 10.0. The Labute approximate surface area is 143 Å². The van der Waals surface area contributed by atoms with Crippen molar-refractivity contribution in [1.82, 2.24) is 0 Å². The van der Waals surface area contributed by atoms with Crippen molar-refractivity contribution in [3.8, 4) is 0 Å². The Bertz CT molecular complexity index is 217. The summed E-state index contributed by atoms with van der Waals surface area (Å²) in [6, 6.07) is 0. The van der Waals surface area contributed by atoms with Crippen LogP contribution in [0.1, 0.15) is 103 Å². The molecule has 0 heterocycles. The Balaban J connectivity index is 0. The second kappa shape index (κ2) is 23.7. The molecule has 0 saturated carbocycles. The minimum atomic E-state index is -0.655. The molecule has 0 aliphatic heterocycles. The van der Waals surface area contributed by atoms with E-state index >= 15 is 0 Å². The van der Waals surface area contributed by atoms with Crippen molar-refractivity contribution < 1.29 is 20.1 Å². The third kappa shape index (κ3) is 29.9. The van der Waals surface area contributed by atoms with E-state index in [-0.39, 0.29) is 13.2 Å². The summed E-state index contributed by atoms with van der Waals surface area (Å²) in [5, 5.41) is 24.3. The number of carbonyl (C=O) groups is 1. The molecular formula is C19H40O4. The van der Waals surface area contributed by atoms with Gasteiger partial charge in [-0.25, -0.2) is 0 Å². The van der Waals surface area contributed by atoms with Gasteiger partial charge in [0.15, 0.2) is 0 Å². The van der Waals surface area contributed by atoms with Crippen LogP contribution in [0.3, 0.4) is 0 Å². The molecule has 0 aliphatic rings. The molecule has 3 N–H and O–H groups in total. The Morgan fingerprint density at radius 1 is 0.609 bits per heavy atom. The van der Waals surface area contributed by atoms with Gasteiger partial charge in [-0.05, 0) is 12.8 Å². The van der Waals surface area contributed by atoms with E-state index in [9.17, 15) is 4.79 Å². The fourth-order valence-electron chi connectivity index (χ4n) is 2.36. The summed E-state index contributed by atoms with van der Waals surface area (Å²) in [5.74, 6) is -0.655. The van der Waals surface area contributed by atoms with Gasteiger partial charge in [0.05, 0.1) is 0 Å². The van der Waals surface area contributed by atoms with Crippen LogP contribution in [0.25, 0.3) is 0 Å². The molecule has 0 atom stereocenters. The third-order valence-electron chi connectivity index (χ3n) is 3.81. The maximum Gasteiger partial charge on any atom is 0.303 e. The van der Waals surface area contributed by atoms with Crippen molar-refractivity contribution in [3.05, 3.63) is 0 Å². The summed E-state index contributed by atoms with van der Waals surface area (Å²) in [6.07, 6.45) is 17.8. The molecule has 0 spiro atoms. The number of aliphatic hydroxyl groups is 2. The molecule has 0 aromatic carbocycles. The average molecular weight is 333 g/mol. The first-order chi connectivity index (χ1) is 11.2. The molecule has 140 valence electrons. The summed E-state index contributed by atoms with van der Waals surface area (Å²) in [7, 11) is 0. The summed E-state index contributed by atoms with van der Waals surface area (Å²) in [4.78, 5) is 10.3. The molecule has 0 aliphatic carbocycles. The van der Waals surface area contributed by atoms with Crippen molar-refractivity contribution in [2.75, 3.05) is 13.2 Å². The summed E-state index contributed by atoms with van der Waals surface area (Å²) in [6.45, 7) is 2.45. The number of aliphatic carboxylic acids is 1. The lowest BCUT2D eigenvalue weighted by Crippen LogP contribution is -1.93. The molecule has 0 radical (unpaired) electrons.